The standard InChI is InChI=1S/C66H113NO13/c1-3-5-7-9-11-13-14-15-16-17-18-19-20-21-22-23-24-25-26-27-28-29-30-31-32-33-34-35-36-37-38-39-40-42-44-46-48-50-58(71)67-54(55(70)49-47-45-43-41-12-10-8-6-4-2)53-77-65-63(76)61(74)64(57(52-69)79-65)80-66-62(75)60(73)59(72)56(51-68)78-66/h4-7,11-13,15-16,18-19,21-22,41,47,49,54-57,59-66,68-70,72-76H,3,8-10,14,17,20,23-40,42-46,48,50-53H2,1-2H3,(H,67,71)/b6-4+,7-5-,13-11-,16-15-,19-18-,22-21-,41-12+,49-47+. The van der Waals surface area contributed by atoms with Gasteiger partial charge < -0.3 is 65.1 Å². The monoisotopic (exact) mass is 1130 g/mol. The SMILES string of the molecule is C/C=C/CC/C=C/CC/C=C/C(O)C(COC1OC(CO)C(OC2OC(CO)C(O)C(O)C2O)C(O)C1O)NC(=O)CCCCCCCCCCCCCCCCCCCCCCC/C=C\C/C=C\C/C=C\C/C=C\C/C=C\CC. The number of unbranched alkanes of at least 4 members (excludes halogenated alkanes) is 23. The maximum atomic E-state index is 13.2. The Morgan fingerprint density at radius 1 is 0.475 bits per heavy atom. The van der Waals surface area contributed by atoms with Gasteiger partial charge in [-0.15, -0.1) is 0 Å². The Hall–Kier alpha value is -3.09. The zero-order valence-corrected chi connectivity index (χ0v) is 49.5. The van der Waals surface area contributed by atoms with E-state index in [-0.39, 0.29) is 18.9 Å². The van der Waals surface area contributed by atoms with Crippen LogP contribution in [0.2, 0.25) is 0 Å². The van der Waals surface area contributed by atoms with Gasteiger partial charge in [0.1, 0.15) is 48.8 Å². The van der Waals surface area contributed by atoms with Crippen LogP contribution in [0.3, 0.4) is 0 Å². The molecule has 2 heterocycles. The molecule has 2 aliphatic heterocycles. The van der Waals surface area contributed by atoms with E-state index < -0.39 is 86.8 Å². The molecule has 0 aromatic rings. The summed E-state index contributed by atoms with van der Waals surface area (Å²) in [5, 5.41) is 86.8. The molecule has 9 N–H and O–H groups in total. The molecule has 2 fully saturated rings. The van der Waals surface area contributed by atoms with Gasteiger partial charge in [-0.1, -0.05) is 226 Å². The van der Waals surface area contributed by atoms with Crippen LogP contribution in [0.25, 0.3) is 0 Å². The molecule has 0 spiro atoms. The Morgan fingerprint density at radius 3 is 1.38 bits per heavy atom. The number of carbonyl (C=O) groups is 1. The Balaban J connectivity index is 1.56. The lowest BCUT2D eigenvalue weighted by molar-refractivity contribution is -0.359. The van der Waals surface area contributed by atoms with E-state index in [1.807, 2.05) is 19.1 Å². The molecular formula is C66H113NO13. The predicted molar refractivity (Wildman–Crippen MR) is 323 cm³/mol. The highest BCUT2D eigenvalue weighted by atomic mass is 16.7. The van der Waals surface area contributed by atoms with Crippen LogP contribution in [0.5, 0.6) is 0 Å². The first-order valence-corrected chi connectivity index (χ1v) is 31.4. The molecule has 1 amide bonds. The van der Waals surface area contributed by atoms with Gasteiger partial charge in [-0.25, -0.2) is 0 Å². The highest BCUT2D eigenvalue weighted by Crippen LogP contribution is 2.30. The Kier molecular flexibility index (Phi) is 46.0. The van der Waals surface area contributed by atoms with Crippen molar-refractivity contribution in [2.24, 2.45) is 0 Å². The van der Waals surface area contributed by atoms with Crippen LogP contribution in [-0.2, 0) is 23.7 Å². The third kappa shape index (κ3) is 35.1. The molecule has 12 unspecified atom stereocenters. The topological polar surface area (TPSA) is 228 Å². The first-order valence-electron chi connectivity index (χ1n) is 31.4. The molecule has 0 radical (unpaired) electrons. The van der Waals surface area contributed by atoms with Crippen molar-refractivity contribution >= 4 is 5.91 Å². The van der Waals surface area contributed by atoms with E-state index >= 15 is 0 Å². The van der Waals surface area contributed by atoms with Crippen LogP contribution in [0.15, 0.2) is 97.2 Å². The molecule has 460 valence electrons. The average molecular weight is 1130 g/mol. The number of hydrogen-bond donors (Lipinski definition) is 9. The summed E-state index contributed by atoms with van der Waals surface area (Å²) in [5.41, 5.74) is 0. The van der Waals surface area contributed by atoms with Crippen LogP contribution < -0.4 is 5.32 Å². The van der Waals surface area contributed by atoms with Crippen molar-refractivity contribution in [1.29, 1.82) is 0 Å². The van der Waals surface area contributed by atoms with E-state index in [2.05, 4.69) is 91.2 Å². The fourth-order valence-corrected chi connectivity index (χ4v) is 9.83. The van der Waals surface area contributed by atoms with E-state index in [1.54, 1.807) is 6.08 Å². The van der Waals surface area contributed by atoms with Gasteiger partial charge in [0.2, 0.25) is 5.91 Å². The lowest BCUT2D eigenvalue weighted by Crippen LogP contribution is -2.65. The highest BCUT2D eigenvalue weighted by molar-refractivity contribution is 5.76. The second kappa shape index (κ2) is 50.4. The van der Waals surface area contributed by atoms with E-state index in [0.29, 0.717) is 12.8 Å². The first kappa shape index (κ1) is 73.0. The minimum Gasteiger partial charge on any atom is -0.394 e. The van der Waals surface area contributed by atoms with Crippen LogP contribution in [0, 0.1) is 0 Å². The number of amides is 1. The van der Waals surface area contributed by atoms with Crippen molar-refractivity contribution in [3.8, 4) is 0 Å². The van der Waals surface area contributed by atoms with Crippen LogP contribution in [0.4, 0.5) is 0 Å². The molecule has 0 aromatic carbocycles. The number of allylic oxidation sites excluding steroid dienone is 15. The minimum atomic E-state index is -1.79. The number of carbonyl (C=O) groups excluding carboxylic acids is 1. The second-order valence-corrected chi connectivity index (χ2v) is 21.8. The zero-order chi connectivity index (χ0) is 58.1. The maximum absolute atomic E-state index is 13.2. The van der Waals surface area contributed by atoms with Crippen molar-refractivity contribution in [1.82, 2.24) is 5.32 Å². The fourth-order valence-electron chi connectivity index (χ4n) is 9.83. The normalized spacial score (nSPS) is 24.9. The quantitative estimate of drug-likeness (QED) is 0.0204. The summed E-state index contributed by atoms with van der Waals surface area (Å²) in [6.07, 6.45) is 53.8. The molecule has 2 saturated heterocycles. The maximum Gasteiger partial charge on any atom is 0.220 e. The summed E-state index contributed by atoms with van der Waals surface area (Å²) in [6.45, 7) is 2.41. The Morgan fingerprint density at radius 2 is 0.887 bits per heavy atom. The predicted octanol–water partition coefficient (Wildman–Crippen LogP) is 11.4. The molecular weight excluding hydrogens is 1010 g/mol. The highest BCUT2D eigenvalue weighted by Gasteiger charge is 2.51. The lowest BCUT2D eigenvalue weighted by atomic mass is 9.97. The average Bonchev–Trinajstić information content (AvgIpc) is 3.49. The van der Waals surface area contributed by atoms with Crippen LogP contribution >= 0.6 is 0 Å². The van der Waals surface area contributed by atoms with Crippen molar-refractivity contribution in [2.75, 3.05) is 19.8 Å². The third-order valence-electron chi connectivity index (χ3n) is 14.8. The van der Waals surface area contributed by atoms with Gasteiger partial charge in [0, 0.05) is 6.42 Å². The summed E-state index contributed by atoms with van der Waals surface area (Å²) in [5.74, 6) is -0.257. The molecule has 2 aliphatic rings. The van der Waals surface area contributed by atoms with Gasteiger partial charge in [0.25, 0.3) is 0 Å². The summed E-state index contributed by atoms with van der Waals surface area (Å²) < 4.78 is 22.7. The first-order chi connectivity index (χ1) is 39.1. The second-order valence-electron chi connectivity index (χ2n) is 21.8. The van der Waals surface area contributed by atoms with Gasteiger partial charge in [0.15, 0.2) is 12.6 Å². The van der Waals surface area contributed by atoms with Crippen LogP contribution in [-0.4, -0.2) is 140 Å². The zero-order valence-electron chi connectivity index (χ0n) is 49.5. The van der Waals surface area contributed by atoms with E-state index in [0.717, 1.165) is 70.6 Å². The number of ether oxygens (including phenoxy) is 4. The third-order valence-corrected chi connectivity index (χ3v) is 14.8. The molecule has 80 heavy (non-hydrogen) atoms. The lowest BCUT2D eigenvalue weighted by Gasteiger charge is -2.46. The molecule has 2 rings (SSSR count). The number of hydrogen-bond acceptors (Lipinski definition) is 13. The van der Waals surface area contributed by atoms with Gasteiger partial charge in [0.05, 0.1) is 32.0 Å². The summed E-state index contributed by atoms with van der Waals surface area (Å²) in [6, 6.07) is -0.938. The van der Waals surface area contributed by atoms with Crippen molar-refractivity contribution in [2.45, 2.75) is 293 Å². The molecule has 0 aromatic heterocycles. The summed E-state index contributed by atoms with van der Waals surface area (Å²) in [7, 11) is 0. The van der Waals surface area contributed by atoms with Crippen molar-refractivity contribution in [3.05, 3.63) is 97.2 Å². The smallest absolute Gasteiger partial charge is 0.220 e. The minimum absolute atomic E-state index is 0.257. The molecule has 14 heteroatoms. The van der Waals surface area contributed by atoms with Gasteiger partial charge in [-0.3, -0.25) is 4.79 Å². The van der Waals surface area contributed by atoms with Crippen molar-refractivity contribution in [3.63, 3.8) is 0 Å². The summed E-state index contributed by atoms with van der Waals surface area (Å²) in [4.78, 5) is 13.2. The van der Waals surface area contributed by atoms with Crippen molar-refractivity contribution < 1.29 is 64.6 Å². The van der Waals surface area contributed by atoms with E-state index in [4.69, 9.17) is 18.9 Å². The Bertz CT molecular complexity index is 1710. The number of aliphatic hydroxyl groups excluding tert-OH is 8. The largest absolute Gasteiger partial charge is 0.394 e. The fraction of sp³-hybridized carbons (Fsp3) is 0.742. The molecule has 14 nitrogen and oxygen atoms in total. The van der Waals surface area contributed by atoms with Gasteiger partial charge in [-0.05, 0) is 84.0 Å². The Labute approximate surface area is 483 Å². The molecule has 0 saturated carbocycles. The number of aliphatic hydroxyl groups is 8. The van der Waals surface area contributed by atoms with Crippen LogP contribution in [0.1, 0.15) is 219 Å². The molecule has 0 aliphatic carbocycles. The summed E-state index contributed by atoms with van der Waals surface area (Å²) >= 11 is 0. The number of nitrogens with one attached hydrogen (secondary N) is 1. The van der Waals surface area contributed by atoms with Gasteiger partial charge >= 0.3 is 0 Å². The van der Waals surface area contributed by atoms with E-state index in [9.17, 15) is 45.6 Å². The number of rotatable bonds is 49. The molecule has 0 bridgehead atoms. The van der Waals surface area contributed by atoms with E-state index in [1.165, 1.54) is 116 Å². The van der Waals surface area contributed by atoms with Gasteiger partial charge in [-0.2, -0.15) is 0 Å². The molecule has 12 atom stereocenters.